The van der Waals surface area contributed by atoms with E-state index in [1.165, 1.54) is 5.56 Å². The van der Waals surface area contributed by atoms with Crippen LogP contribution in [-0.4, -0.2) is 32.5 Å². The van der Waals surface area contributed by atoms with Gasteiger partial charge in [-0.3, -0.25) is 0 Å². The third-order valence-corrected chi connectivity index (χ3v) is 4.23. The van der Waals surface area contributed by atoms with Gasteiger partial charge in [0.1, 0.15) is 5.75 Å². The molecular weight excluding hydrogens is 318 g/mol. The molecule has 0 aliphatic heterocycles. The summed E-state index contributed by atoms with van der Waals surface area (Å²) in [6, 6.07) is 11.6. The maximum absolute atomic E-state index is 9.33. The van der Waals surface area contributed by atoms with Gasteiger partial charge in [-0.15, -0.1) is 0 Å². The maximum Gasteiger partial charge on any atom is 0.203 e. The number of methoxy groups -OCH3 is 3. The van der Waals surface area contributed by atoms with Crippen molar-refractivity contribution in [2.24, 2.45) is 0 Å². The number of phenols is 1. The minimum Gasteiger partial charge on any atom is -0.508 e. The summed E-state index contributed by atoms with van der Waals surface area (Å²) in [7, 11) is 4.85. The number of aromatic hydroxyl groups is 1. The summed E-state index contributed by atoms with van der Waals surface area (Å²) in [5, 5.41) is 12.8. The summed E-state index contributed by atoms with van der Waals surface area (Å²) >= 11 is 0. The van der Waals surface area contributed by atoms with Gasteiger partial charge in [-0.05, 0) is 43.5 Å². The van der Waals surface area contributed by atoms with Crippen LogP contribution in [0.25, 0.3) is 0 Å². The van der Waals surface area contributed by atoms with E-state index in [2.05, 4.69) is 12.2 Å². The summed E-state index contributed by atoms with van der Waals surface area (Å²) in [6.45, 7) is 2.84. The van der Waals surface area contributed by atoms with E-state index < -0.39 is 0 Å². The van der Waals surface area contributed by atoms with Gasteiger partial charge in [0.25, 0.3) is 0 Å². The molecule has 5 nitrogen and oxygen atoms in total. The lowest BCUT2D eigenvalue weighted by Gasteiger charge is -2.18. The topological polar surface area (TPSA) is 60.0 Å². The molecule has 1 atom stereocenters. The minimum atomic E-state index is 0.301. The van der Waals surface area contributed by atoms with Gasteiger partial charge < -0.3 is 24.6 Å². The van der Waals surface area contributed by atoms with Crippen LogP contribution < -0.4 is 19.5 Å². The van der Waals surface area contributed by atoms with Crippen molar-refractivity contribution in [2.75, 3.05) is 21.3 Å². The van der Waals surface area contributed by atoms with Crippen LogP contribution in [-0.2, 0) is 13.0 Å². The maximum atomic E-state index is 9.33. The van der Waals surface area contributed by atoms with Gasteiger partial charge in [0.05, 0.1) is 21.3 Å². The highest BCUT2D eigenvalue weighted by atomic mass is 16.5. The smallest absolute Gasteiger partial charge is 0.203 e. The van der Waals surface area contributed by atoms with Crippen LogP contribution in [0.4, 0.5) is 0 Å². The monoisotopic (exact) mass is 345 g/mol. The van der Waals surface area contributed by atoms with Gasteiger partial charge in [-0.2, -0.15) is 0 Å². The van der Waals surface area contributed by atoms with Crippen LogP contribution in [0.15, 0.2) is 36.4 Å². The first-order valence-electron chi connectivity index (χ1n) is 8.38. The van der Waals surface area contributed by atoms with Crippen LogP contribution in [0.5, 0.6) is 23.0 Å². The molecule has 0 spiro atoms. The number of aryl methyl sites for hydroxylation is 1. The molecule has 2 aromatic rings. The van der Waals surface area contributed by atoms with Gasteiger partial charge in [0.15, 0.2) is 11.5 Å². The Bertz CT molecular complexity index is 670. The molecule has 0 aromatic heterocycles. The summed E-state index contributed by atoms with van der Waals surface area (Å²) in [6.07, 6.45) is 1.96. The quantitative estimate of drug-likeness (QED) is 0.728. The molecule has 2 aromatic carbocycles. The van der Waals surface area contributed by atoms with Crippen molar-refractivity contribution in [3.8, 4) is 23.0 Å². The van der Waals surface area contributed by atoms with E-state index in [1.54, 1.807) is 33.5 Å². The molecule has 0 aliphatic rings. The molecular formula is C20H27NO4. The lowest BCUT2D eigenvalue weighted by molar-refractivity contribution is 0.321. The van der Waals surface area contributed by atoms with Crippen molar-refractivity contribution >= 4 is 0 Å². The van der Waals surface area contributed by atoms with Gasteiger partial charge >= 0.3 is 0 Å². The molecule has 0 fully saturated rings. The van der Waals surface area contributed by atoms with E-state index in [1.807, 2.05) is 24.3 Å². The highest BCUT2D eigenvalue weighted by molar-refractivity contribution is 5.55. The second kappa shape index (κ2) is 9.18. The predicted molar refractivity (Wildman–Crippen MR) is 98.8 cm³/mol. The Morgan fingerprint density at radius 3 is 2.20 bits per heavy atom. The third-order valence-electron chi connectivity index (χ3n) is 4.23. The van der Waals surface area contributed by atoms with Crippen LogP contribution in [0, 0.1) is 0 Å². The predicted octanol–water partition coefficient (Wildman–Crippen LogP) is 3.53. The number of phenolic OH excluding ortho intramolecular Hbond substituents is 1. The fourth-order valence-electron chi connectivity index (χ4n) is 2.73. The van der Waals surface area contributed by atoms with E-state index in [0.29, 0.717) is 35.6 Å². The summed E-state index contributed by atoms with van der Waals surface area (Å²) in [5.74, 6) is 2.26. The molecule has 0 radical (unpaired) electrons. The molecule has 0 amide bonds. The van der Waals surface area contributed by atoms with E-state index in [9.17, 15) is 5.11 Å². The van der Waals surface area contributed by atoms with Gasteiger partial charge in [-0.25, -0.2) is 0 Å². The van der Waals surface area contributed by atoms with Crippen LogP contribution in [0.2, 0.25) is 0 Å². The highest BCUT2D eigenvalue weighted by Gasteiger charge is 2.16. The molecule has 136 valence electrons. The molecule has 2 N–H and O–H groups in total. The lowest BCUT2D eigenvalue weighted by Crippen LogP contribution is -2.26. The third kappa shape index (κ3) is 5.03. The second-order valence-corrected chi connectivity index (χ2v) is 5.98. The average Bonchev–Trinajstić information content (AvgIpc) is 2.64. The first kappa shape index (κ1) is 18.9. The first-order valence-corrected chi connectivity index (χ1v) is 8.38. The number of nitrogens with one attached hydrogen (secondary N) is 1. The molecule has 0 aliphatic carbocycles. The average molecular weight is 345 g/mol. The first-order chi connectivity index (χ1) is 12.1. The Morgan fingerprint density at radius 2 is 1.60 bits per heavy atom. The molecule has 0 saturated heterocycles. The van der Waals surface area contributed by atoms with Crippen LogP contribution in [0.3, 0.4) is 0 Å². The number of ether oxygens (including phenoxy) is 3. The Labute approximate surface area is 149 Å². The summed E-state index contributed by atoms with van der Waals surface area (Å²) in [4.78, 5) is 0. The molecule has 0 saturated carbocycles. The van der Waals surface area contributed by atoms with E-state index in [0.717, 1.165) is 18.4 Å². The van der Waals surface area contributed by atoms with Crippen molar-refractivity contribution in [1.29, 1.82) is 0 Å². The van der Waals surface area contributed by atoms with Gasteiger partial charge in [0.2, 0.25) is 5.75 Å². The van der Waals surface area contributed by atoms with Crippen LogP contribution in [0.1, 0.15) is 24.5 Å². The number of hydrogen-bond donors (Lipinski definition) is 2. The summed E-state index contributed by atoms with van der Waals surface area (Å²) in [5.41, 5.74) is 2.24. The van der Waals surface area contributed by atoms with Crippen molar-refractivity contribution in [3.05, 3.63) is 47.5 Å². The minimum absolute atomic E-state index is 0.301. The Morgan fingerprint density at radius 1 is 0.920 bits per heavy atom. The normalized spacial score (nSPS) is 11.8. The molecule has 2 rings (SSSR count). The van der Waals surface area contributed by atoms with E-state index >= 15 is 0 Å². The summed E-state index contributed by atoms with van der Waals surface area (Å²) < 4.78 is 16.2. The molecule has 0 heterocycles. The Balaban J connectivity index is 1.94. The van der Waals surface area contributed by atoms with E-state index in [-0.39, 0.29) is 0 Å². The highest BCUT2D eigenvalue weighted by Crippen LogP contribution is 2.39. The zero-order valence-corrected chi connectivity index (χ0v) is 15.3. The number of hydrogen-bond acceptors (Lipinski definition) is 5. The lowest BCUT2D eigenvalue weighted by atomic mass is 10.1. The van der Waals surface area contributed by atoms with Crippen LogP contribution >= 0.6 is 0 Å². The number of rotatable bonds is 9. The van der Waals surface area contributed by atoms with Crippen molar-refractivity contribution in [1.82, 2.24) is 5.32 Å². The molecule has 25 heavy (non-hydrogen) atoms. The van der Waals surface area contributed by atoms with Crippen molar-refractivity contribution < 1.29 is 19.3 Å². The molecule has 5 heteroatoms. The molecule has 1 unspecified atom stereocenters. The van der Waals surface area contributed by atoms with Gasteiger partial charge in [0, 0.05) is 18.2 Å². The zero-order chi connectivity index (χ0) is 18.2. The fraction of sp³-hybridized carbons (Fsp3) is 0.400. The second-order valence-electron chi connectivity index (χ2n) is 5.98. The zero-order valence-electron chi connectivity index (χ0n) is 15.3. The SMILES string of the molecule is COc1ccc(CNC(C)CCc2ccc(O)cc2)c(OC)c1OC. The molecule has 0 bridgehead atoms. The Kier molecular flexibility index (Phi) is 6.95. The standard InChI is InChI=1S/C20H27NO4/c1-14(5-6-15-7-10-17(22)11-8-15)21-13-16-9-12-18(23-2)20(25-4)19(16)24-3/h7-12,14,21-22H,5-6,13H2,1-4H3. The van der Waals surface area contributed by atoms with Gasteiger partial charge in [-0.1, -0.05) is 18.2 Å². The van der Waals surface area contributed by atoms with Crippen molar-refractivity contribution in [3.63, 3.8) is 0 Å². The Hall–Kier alpha value is -2.40. The number of benzene rings is 2. The van der Waals surface area contributed by atoms with E-state index in [4.69, 9.17) is 14.2 Å². The van der Waals surface area contributed by atoms with Crippen molar-refractivity contribution in [2.45, 2.75) is 32.4 Å². The fourth-order valence-corrected chi connectivity index (χ4v) is 2.73. The largest absolute Gasteiger partial charge is 0.508 e.